The summed E-state index contributed by atoms with van der Waals surface area (Å²) in [5.74, 6) is 0.676. The maximum Gasteiger partial charge on any atom is 0.504 e. The second-order valence-electron chi connectivity index (χ2n) is 10.9. The van der Waals surface area contributed by atoms with Crippen molar-refractivity contribution in [3.05, 3.63) is 95.1 Å². The highest BCUT2D eigenvalue weighted by atomic mass is 16.5. The van der Waals surface area contributed by atoms with E-state index in [1.807, 2.05) is 24.3 Å². The molecule has 36 heavy (non-hydrogen) atoms. The van der Waals surface area contributed by atoms with Gasteiger partial charge < -0.3 is 19.7 Å². The summed E-state index contributed by atoms with van der Waals surface area (Å²) >= 11 is 0. The molecule has 0 amide bonds. The number of benzene rings is 4. The summed E-state index contributed by atoms with van der Waals surface area (Å²) in [5.41, 5.74) is 12.0. The maximum absolute atomic E-state index is 9.70. The molecular formula is C30H28B2O4. The zero-order chi connectivity index (χ0) is 25.4. The van der Waals surface area contributed by atoms with Crippen LogP contribution in [0, 0.1) is 0 Å². The minimum atomic E-state index is -1.48. The molecule has 6 rings (SSSR count). The smallest absolute Gasteiger partial charge is 0.504 e. The Kier molecular flexibility index (Phi) is 5.03. The van der Waals surface area contributed by atoms with E-state index in [1.54, 1.807) is 6.07 Å². The van der Waals surface area contributed by atoms with Gasteiger partial charge in [0.15, 0.2) is 0 Å². The number of hydrogen-bond donors (Lipinski definition) is 3. The lowest BCUT2D eigenvalue weighted by Gasteiger charge is -2.23. The molecule has 2 aliphatic carbocycles. The Morgan fingerprint density at radius 2 is 1.06 bits per heavy atom. The van der Waals surface area contributed by atoms with Gasteiger partial charge in [-0.3, -0.25) is 0 Å². The monoisotopic (exact) mass is 474 g/mol. The van der Waals surface area contributed by atoms with Crippen LogP contribution in [0.1, 0.15) is 49.9 Å². The topological polar surface area (TPSA) is 69.9 Å². The van der Waals surface area contributed by atoms with Crippen molar-refractivity contribution in [3.63, 3.8) is 0 Å². The van der Waals surface area contributed by atoms with Crippen molar-refractivity contribution in [1.82, 2.24) is 0 Å². The maximum atomic E-state index is 9.70. The lowest BCUT2D eigenvalue weighted by atomic mass is 9.75. The molecule has 4 aromatic carbocycles. The molecule has 0 aliphatic heterocycles. The van der Waals surface area contributed by atoms with Crippen LogP contribution in [0.3, 0.4) is 0 Å². The molecule has 0 radical (unpaired) electrons. The predicted octanol–water partition coefficient (Wildman–Crippen LogP) is 4.28. The number of fused-ring (bicyclic) bond motifs is 6. The van der Waals surface area contributed by atoms with Crippen LogP contribution in [0.2, 0.25) is 0 Å². The fraction of sp³-hybridized carbons (Fsp3) is 0.200. The van der Waals surface area contributed by atoms with Gasteiger partial charge in [0, 0.05) is 10.8 Å². The molecule has 0 atom stereocenters. The SMILES string of the molecule is CC1(C)c2cc(OBO)ccc2-c2ccc(-c3ccc4c(c3)C(C)(C)c3cc(B(O)O)ccc3-4)cc21. The Bertz CT molecular complexity index is 1540. The van der Waals surface area contributed by atoms with Crippen molar-refractivity contribution in [3.8, 4) is 39.1 Å². The summed E-state index contributed by atoms with van der Waals surface area (Å²) in [4.78, 5) is 0. The van der Waals surface area contributed by atoms with Gasteiger partial charge in [0.25, 0.3) is 0 Å². The quantitative estimate of drug-likeness (QED) is 0.387. The van der Waals surface area contributed by atoms with Gasteiger partial charge in [-0.1, -0.05) is 76.2 Å². The van der Waals surface area contributed by atoms with Crippen LogP contribution in [0.15, 0.2) is 72.8 Å². The van der Waals surface area contributed by atoms with Gasteiger partial charge in [-0.05, 0) is 85.4 Å². The standard InChI is InChI=1S/C30H28B2O4/c1-29(2)25-13-17(5-9-21(25)23-11-7-19(32(34)35)15-27(23)29)18-6-10-22-24-12-8-20(36-31-33)16-28(24)30(3,4)26(22)14-18/h5-16,31,33-35H,1-4H3. The zero-order valence-electron chi connectivity index (χ0n) is 21.0. The van der Waals surface area contributed by atoms with Crippen molar-refractivity contribution in [2.75, 3.05) is 0 Å². The molecule has 3 N–H and O–H groups in total. The van der Waals surface area contributed by atoms with Crippen LogP contribution in [0.25, 0.3) is 33.4 Å². The third kappa shape index (κ3) is 3.22. The van der Waals surface area contributed by atoms with Crippen molar-refractivity contribution in [2.45, 2.75) is 38.5 Å². The molecule has 178 valence electrons. The van der Waals surface area contributed by atoms with Gasteiger partial charge in [0.1, 0.15) is 5.75 Å². The fourth-order valence-corrected chi connectivity index (χ4v) is 6.16. The molecule has 6 heteroatoms. The third-order valence-electron chi connectivity index (χ3n) is 8.21. The van der Waals surface area contributed by atoms with Crippen molar-refractivity contribution in [2.24, 2.45) is 0 Å². The summed E-state index contributed by atoms with van der Waals surface area (Å²) < 4.78 is 5.35. The summed E-state index contributed by atoms with van der Waals surface area (Å²) in [7, 11) is -1.81. The van der Waals surface area contributed by atoms with Gasteiger partial charge >= 0.3 is 14.8 Å². The first kappa shape index (κ1) is 23.1. The van der Waals surface area contributed by atoms with Gasteiger partial charge in [0.05, 0.1) is 0 Å². The highest BCUT2D eigenvalue weighted by molar-refractivity contribution is 6.58. The lowest BCUT2D eigenvalue weighted by Crippen LogP contribution is -2.31. The van der Waals surface area contributed by atoms with Crippen LogP contribution in [0.5, 0.6) is 5.75 Å². The minimum absolute atomic E-state index is 0.191. The van der Waals surface area contributed by atoms with Crippen molar-refractivity contribution >= 4 is 20.3 Å². The normalized spacial score (nSPS) is 15.5. The molecule has 0 saturated carbocycles. The largest absolute Gasteiger partial charge is 0.539 e. The first-order valence-electron chi connectivity index (χ1n) is 12.3. The Hall–Kier alpha value is -3.31. The van der Waals surface area contributed by atoms with E-state index in [2.05, 4.69) is 70.2 Å². The molecule has 0 fully saturated rings. The molecule has 0 unspecified atom stereocenters. The average Bonchev–Trinajstić information content (AvgIpc) is 3.23. The Balaban J connectivity index is 1.43. The first-order chi connectivity index (χ1) is 17.1. The van der Waals surface area contributed by atoms with Crippen molar-refractivity contribution in [1.29, 1.82) is 0 Å². The number of hydrogen-bond acceptors (Lipinski definition) is 4. The highest BCUT2D eigenvalue weighted by Gasteiger charge is 2.38. The van der Waals surface area contributed by atoms with E-state index in [9.17, 15) is 15.1 Å². The summed E-state index contributed by atoms with van der Waals surface area (Å²) in [6.45, 7) is 8.87. The molecule has 0 bridgehead atoms. The van der Waals surface area contributed by atoms with E-state index in [1.165, 1.54) is 38.9 Å². The Morgan fingerprint density at radius 3 is 1.56 bits per heavy atom. The van der Waals surface area contributed by atoms with E-state index in [0.29, 0.717) is 11.2 Å². The van der Waals surface area contributed by atoms with Crippen molar-refractivity contribution < 1.29 is 19.7 Å². The van der Waals surface area contributed by atoms with E-state index >= 15 is 0 Å². The second kappa shape index (κ2) is 7.84. The average molecular weight is 474 g/mol. The van der Waals surface area contributed by atoms with E-state index < -0.39 is 7.12 Å². The fourth-order valence-electron chi connectivity index (χ4n) is 6.16. The van der Waals surface area contributed by atoms with Crippen LogP contribution in [-0.4, -0.2) is 29.9 Å². The minimum Gasteiger partial charge on any atom is -0.539 e. The van der Waals surface area contributed by atoms with E-state index in [0.717, 1.165) is 16.7 Å². The number of rotatable bonds is 4. The van der Waals surface area contributed by atoms with Crippen LogP contribution in [-0.2, 0) is 10.8 Å². The van der Waals surface area contributed by atoms with Crippen LogP contribution < -0.4 is 10.1 Å². The molecule has 4 aromatic rings. The van der Waals surface area contributed by atoms with Gasteiger partial charge in [-0.2, -0.15) is 0 Å². The summed E-state index contributed by atoms with van der Waals surface area (Å²) in [6, 6.07) is 25.1. The second-order valence-corrected chi connectivity index (χ2v) is 10.9. The first-order valence-corrected chi connectivity index (χ1v) is 12.3. The molecule has 2 aliphatic rings. The van der Waals surface area contributed by atoms with E-state index in [-0.39, 0.29) is 18.5 Å². The van der Waals surface area contributed by atoms with Crippen LogP contribution in [0.4, 0.5) is 0 Å². The highest BCUT2D eigenvalue weighted by Crippen LogP contribution is 2.52. The molecule has 0 spiro atoms. The van der Waals surface area contributed by atoms with Gasteiger partial charge in [0.2, 0.25) is 0 Å². The zero-order valence-corrected chi connectivity index (χ0v) is 21.0. The van der Waals surface area contributed by atoms with E-state index in [4.69, 9.17) is 4.65 Å². The lowest BCUT2D eigenvalue weighted by molar-refractivity contribution is 0.425. The van der Waals surface area contributed by atoms with Gasteiger partial charge in [-0.15, -0.1) is 0 Å². The molecule has 0 aromatic heterocycles. The molecular weight excluding hydrogens is 446 g/mol. The molecule has 0 saturated heterocycles. The Labute approximate surface area is 212 Å². The van der Waals surface area contributed by atoms with Crippen LogP contribution >= 0.6 is 0 Å². The summed E-state index contributed by atoms with van der Waals surface area (Å²) in [5, 5.41) is 28.6. The summed E-state index contributed by atoms with van der Waals surface area (Å²) in [6.07, 6.45) is 0. The third-order valence-corrected chi connectivity index (χ3v) is 8.21. The Morgan fingerprint density at radius 1 is 0.611 bits per heavy atom. The molecule has 4 nitrogen and oxygen atoms in total. The predicted molar refractivity (Wildman–Crippen MR) is 147 cm³/mol. The van der Waals surface area contributed by atoms with Gasteiger partial charge in [-0.25, -0.2) is 0 Å². The molecule has 0 heterocycles.